The number of aromatic nitrogens is 2. The van der Waals surface area contributed by atoms with Crippen LogP contribution >= 0.6 is 0 Å². The van der Waals surface area contributed by atoms with Gasteiger partial charge in [-0.05, 0) is 30.9 Å². The molecule has 1 aliphatic rings. The standard InChI is InChI=1S/C17H19N3O2/c21-16(18-11-10-13-4-2-1-3-5-13)12-20-17(22)9-8-15(19-20)14-6-7-14/h1-5,8-9,14H,6-7,10-12H2,(H,18,21). The third-order valence-electron chi connectivity index (χ3n) is 3.75. The zero-order chi connectivity index (χ0) is 15.4. The third-order valence-corrected chi connectivity index (χ3v) is 3.75. The molecule has 114 valence electrons. The summed E-state index contributed by atoms with van der Waals surface area (Å²) in [6, 6.07) is 13.2. The summed E-state index contributed by atoms with van der Waals surface area (Å²) in [6.45, 7) is 0.536. The van der Waals surface area contributed by atoms with Crippen molar-refractivity contribution >= 4 is 5.91 Å². The van der Waals surface area contributed by atoms with E-state index in [1.54, 1.807) is 6.07 Å². The largest absolute Gasteiger partial charge is 0.354 e. The number of amides is 1. The molecule has 1 amide bonds. The predicted octanol–water partition coefficient (Wildman–Crippen LogP) is 1.48. The maximum Gasteiger partial charge on any atom is 0.267 e. The van der Waals surface area contributed by atoms with Gasteiger partial charge in [-0.25, -0.2) is 4.68 Å². The molecule has 0 aliphatic heterocycles. The zero-order valence-corrected chi connectivity index (χ0v) is 12.4. The van der Waals surface area contributed by atoms with E-state index >= 15 is 0 Å². The Bertz CT molecular complexity index is 705. The van der Waals surface area contributed by atoms with Crippen LogP contribution in [0.25, 0.3) is 0 Å². The van der Waals surface area contributed by atoms with Crippen molar-refractivity contribution in [1.29, 1.82) is 0 Å². The Labute approximate surface area is 129 Å². The predicted molar refractivity (Wildman–Crippen MR) is 83.6 cm³/mol. The van der Waals surface area contributed by atoms with Crippen LogP contribution in [0.1, 0.15) is 30.0 Å². The number of carbonyl (C=O) groups excluding carboxylic acids is 1. The van der Waals surface area contributed by atoms with Crippen LogP contribution in [0.15, 0.2) is 47.3 Å². The van der Waals surface area contributed by atoms with Crippen molar-refractivity contribution in [2.45, 2.75) is 31.7 Å². The number of hydrogen-bond acceptors (Lipinski definition) is 3. The lowest BCUT2D eigenvalue weighted by molar-refractivity contribution is -0.121. The van der Waals surface area contributed by atoms with Gasteiger partial charge in [0.25, 0.3) is 5.56 Å². The van der Waals surface area contributed by atoms with Crippen LogP contribution in [0.4, 0.5) is 0 Å². The fourth-order valence-electron chi connectivity index (χ4n) is 2.36. The van der Waals surface area contributed by atoms with Crippen LogP contribution in [0.2, 0.25) is 0 Å². The van der Waals surface area contributed by atoms with Gasteiger partial charge in [0, 0.05) is 18.5 Å². The minimum absolute atomic E-state index is 0.0197. The van der Waals surface area contributed by atoms with Crippen molar-refractivity contribution in [2.75, 3.05) is 6.54 Å². The van der Waals surface area contributed by atoms with Gasteiger partial charge in [0.2, 0.25) is 5.91 Å². The van der Waals surface area contributed by atoms with Gasteiger partial charge in [0.05, 0.1) is 5.69 Å². The van der Waals surface area contributed by atoms with E-state index in [2.05, 4.69) is 10.4 Å². The Morgan fingerprint density at radius 3 is 2.68 bits per heavy atom. The lowest BCUT2D eigenvalue weighted by Crippen LogP contribution is -2.34. The van der Waals surface area contributed by atoms with Crippen molar-refractivity contribution in [2.24, 2.45) is 0 Å². The molecule has 5 heteroatoms. The fourth-order valence-corrected chi connectivity index (χ4v) is 2.36. The van der Waals surface area contributed by atoms with Crippen molar-refractivity contribution in [3.8, 4) is 0 Å². The number of benzene rings is 1. The van der Waals surface area contributed by atoms with Gasteiger partial charge in [0.15, 0.2) is 0 Å². The summed E-state index contributed by atoms with van der Waals surface area (Å²) in [4.78, 5) is 23.7. The molecular weight excluding hydrogens is 278 g/mol. The van der Waals surface area contributed by atoms with E-state index in [-0.39, 0.29) is 18.0 Å². The van der Waals surface area contributed by atoms with E-state index < -0.39 is 0 Å². The fraction of sp³-hybridized carbons (Fsp3) is 0.353. The maximum atomic E-state index is 11.9. The topological polar surface area (TPSA) is 64.0 Å². The van der Waals surface area contributed by atoms with E-state index in [0.29, 0.717) is 12.5 Å². The molecule has 0 spiro atoms. The van der Waals surface area contributed by atoms with Gasteiger partial charge in [-0.2, -0.15) is 5.10 Å². The second-order valence-electron chi connectivity index (χ2n) is 5.61. The van der Waals surface area contributed by atoms with Crippen molar-refractivity contribution < 1.29 is 4.79 Å². The van der Waals surface area contributed by atoms with Crippen molar-refractivity contribution in [1.82, 2.24) is 15.1 Å². The first-order valence-corrected chi connectivity index (χ1v) is 7.61. The second kappa shape index (κ2) is 6.56. The first kappa shape index (κ1) is 14.5. The summed E-state index contributed by atoms with van der Waals surface area (Å²) in [5.41, 5.74) is 1.85. The highest BCUT2D eigenvalue weighted by Gasteiger charge is 2.25. The van der Waals surface area contributed by atoms with Crippen molar-refractivity contribution in [3.63, 3.8) is 0 Å². The van der Waals surface area contributed by atoms with Crippen LogP contribution < -0.4 is 10.9 Å². The molecular formula is C17H19N3O2. The monoisotopic (exact) mass is 297 g/mol. The maximum absolute atomic E-state index is 11.9. The molecule has 2 aromatic rings. The molecule has 0 unspecified atom stereocenters. The molecule has 0 radical (unpaired) electrons. The van der Waals surface area contributed by atoms with Crippen LogP contribution in [0.3, 0.4) is 0 Å². The summed E-state index contributed by atoms with van der Waals surface area (Å²) in [5.74, 6) is 0.284. The molecule has 0 saturated heterocycles. The molecule has 0 bridgehead atoms. The number of hydrogen-bond donors (Lipinski definition) is 1. The quantitative estimate of drug-likeness (QED) is 0.878. The lowest BCUT2D eigenvalue weighted by atomic mass is 10.1. The van der Waals surface area contributed by atoms with Gasteiger partial charge in [-0.1, -0.05) is 30.3 Å². The highest BCUT2D eigenvalue weighted by atomic mass is 16.2. The molecule has 3 rings (SSSR count). The molecule has 1 heterocycles. The zero-order valence-electron chi connectivity index (χ0n) is 12.4. The Kier molecular flexibility index (Phi) is 4.32. The van der Waals surface area contributed by atoms with E-state index in [0.717, 1.165) is 25.0 Å². The smallest absolute Gasteiger partial charge is 0.267 e. The summed E-state index contributed by atoms with van der Waals surface area (Å²) >= 11 is 0. The SMILES string of the molecule is O=C(Cn1nc(C2CC2)ccc1=O)NCCc1ccccc1. The van der Waals surface area contributed by atoms with E-state index in [9.17, 15) is 9.59 Å². The Morgan fingerprint density at radius 1 is 1.18 bits per heavy atom. The highest BCUT2D eigenvalue weighted by Crippen LogP contribution is 2.38. The molecule has 1 aromatic carbocycles. The van der Waals surface area contributed by atoms with Gasteiger partial charge < -0.3 is 5.32 Å². The van der Waals surface area contributed by atoms with E-state index in [1.165, 1.54) is 16.3 Å². The number of rotatable bonds is 6. The molecule has 0 atom stereocenters. The lowest BCUT2D eigenvalue weighted by Gasteiger charge is -2.08. The van der Waals surface area contributed by atoms with Gasteiger partial charge in [0.1, 0.15) is 6.54 Å². The molecule has 1 aromatic heterocycles. The van der Waals surface area contributed by atoms with Crippen LogP contribution in [0.5, 0.6) is 0 Å². The summed E-state index contributed by atoms with van der Waals surface area (Å²) in [6.07, 6.45) is 3.01. The van der Waals surface area contributed by atoms with E-state index in [4.69, 9.17) is 0 Å². The van der Waals surface area contributed by atoms with Crippen molar-refractivity contribution in [3.05, 3.63) is 64.1 Å². The molecule has 5 nitrogen and oxygen atoms in total. The van der Waals surface area contributed by atoms with Gasteiger partial charge in [-0.3, -0.25) is 9.59 Å². The number of carbonyl (C=O) groups is 1. The van der Waals surface area contributed by atoms with Gasteiger partial charge >= 0.3 is 0 Å². The normalized spacial score (nSPS) is 13.8. The summed E-state index contributed by atoms with van der Waals surface area (Å²) in [7, 11) is 0. The number of nitrogens with zero attached hydrogens (tertiary/aromatic N) is 2. The second-order valence-corrected chi connectivity index (χ2v) is 5.61. The Balaban J connectivity index is 1.53. The van der Waals surface area contributed by atoms with E-state index in [1.807, 2.05) is 30.3 Å². The van der Waals surface area contributed by atoms with Crippen LogP contribution in [-0.2, 0) is 17.8 Å². The Morgan fingerprint density at radius 2 is 1.95 bits per heavy atom. The van der Waals surface area contributed by atoms with Crippen LogP contribution in [0, 0.1) is 0 Å². The minimum Gasteiger partial charge on any atom is -0.354 e. The summed E-state index contributed by atoms with van der Waals surface area (Å²) < 4.78 is 1.26. The first-order chi connectivity index (χ1) is 10.7. The Hall–Kier alpha value is -2.43. The van der Waals surface area contributed by atoms with Gasteiger partial charge in [-0.15, -0.1) is 0 Å². The molecule has 1 fully saturated rings. The molecule has 1 aliphatic carbocycles. The molecule has 1 saturated carbocycles. The average Bonchev–Trinajstić information content (AvgIpc) is 3.35. The minimum atomic E-state index is -0.234. The summed E-state index contributed by atoms with van der Waals surface area (Å²) in [5, 5.41) is 7.12. The first-order valence-electron chi connectivity index (χ1n) is 7.61. The van der Waals surface area contributed by atoms with Crippen LogP contribution in [-0.4, -0.2) is 22.2 Å². The highest BCUT2D eigenvalue weighted by molar-refractivity contribution is 5.75. The molecule has 1 N–H and O–H groups in total. The third kappa shape index (κ3) is 3.81. The average molecular weight is 297 g/mol. The number of nitrogens with one attached hydrogen (secondary N) is 1. The molecule has 22 heavy (non-hydrogen) atoms.